The molecule has 0 N–H and O–H groups in total. The second kappa shape index (κ2) is 8.23. The smallest absolute Gasteiger partial charge is 0.852 e. The topological polar surface area (TPSA) is 63.2 Å². The predicted molar refractivity (Wildman–Crippen MR) is 102 cm³/mol. The number of carbonyl (C=O) groups is 1. The summed E-state index contributed by atoms with van der Waals surface area (Å²) in [5, 5.41) is 23.0. The number of fused-ring (bicyclic) bond motifs is 5. The van der Waals surface area contributed by atoms with Crippen molar-refractivity contribution < 1.29 is 32.1 Å². The Morgan fingerprint density at radius 1 is 1.00 bits per heavy atom. The Labute approximate surface area is 181 Å². The zero-order chi connectivity index (χ0) is 19.4. The Balaban J connectivity index is 0.00000225. The third-order valence-corrected chi connectivity index (χ3v) is 10.2. The van der Waals surface area contributed by atoms with Gasteiger partial charge in [0.1, 0.15) is 0 Å². The van der Waals surface area contributed by atoms with Crippen LogP contribution in [0.2, 0.25) is 0 Å². The molecule has 4 heteroatoms. The van der Waals surface area contributed by atoms with Crippen LogP contribution in [0.3, 0.4) is 0 Å². The normalized spacial score (nSPS) is 48.6. The fourth-order valence-corrected chi connectivity index (χ4v) is 8.74. The Bertz CT molecular complexity index is 580. The summed E-state index contributed by atoms with van der Waals surface area (Å²) in [5.41, 5.74) is 0.801. The Morgan fingerprint density at radius 3 is 2.39 bits per heavy atom. The summed E-state index contributed by atoms with van der Waals surface area (Å²) in [4.78, 5) is 10.9. The van der Waals surface area contributed by atoms with E-state index in [1.165, 1.54) is 38.5 Å². The first-order valence-corrected chi connectivity index (χ1v) is 11.6. The zero-order valence-corrected chi connectivity index (χ0v) is 19.1. The largest absolute Gasteiger partial charge is 2.00 e. The van der Waals surface area contributed by atoms with Crippen molar-refractivity contribution in [2.45, 2.75) is 97.5 Å². The predicted octanol–water partition coefficient (Wildman–Crippen LogP) is 3.54. The second-order valence-corrected chi connectivity index (χ2v) is 11.2. The van der Waals surface area contributed by atoms with E-state index in [0.29, 0.717) is 28.6 Å². The van der Waals surface area contributed by atoms with Crippen LogP contribution in [-0.4, -0.2) is 12.1 Å². The molecule has 3 nitrogen and oxygen atoms in total. The SMILES string of the molecule is CC(CCC(=O)[O-])C1CCC2C3CC[C@@H]4C[C@H]([O-])CCC4(C)C3CC[C@]12C.[Mn+2]. The van der Waals surface area contributed by atoms with Gasteiger partial charge in [0, 0.05) is 5.97 Å². The van der Waals surface area contributed by atoms with Crippen molar-refractivity contribution in [3.63, 3.8) is 0 Å². The van der Waals surface area contributed by atoms with Gasteiger partial charge < -0.3 is 15.0 Å². The number of rotatable bonds is 4. The van der Waals surface area contributed by atoms with Crippen molar-refractivity contribution >= 4 is 5.97 Å². The molecule has 9 atom stereocenters. The summed E-state index contributed by atoms with van der Waals surface area (Å²) in [7, 11) is 0. The fraction of sp³-hybridized carbons (Fsp3) is 0.958. The third-order valence-electron chi connectivity index (χ3n) is 10.2. The molecule has 0 aromatic rings. The van der Waals surface area contributed by atoms with Crippen LogP contribution in [0.1, 0.15) is 91.4 Å². The van der Waals surface area contributed by atoms with Gasteiger partial charge in [-0.1, -0.05) is 33.6 Å². The van der Waals surface area contributed by atoms with E-state index in [-0.39, 0.29) is 29.6 Å². The molecular weight excluding hydrogens is 391 g/mol. The molecule has 0 aromatic heterocycles. The van der Waals surface area contributed by atoms with Crippen LogP contribution < -0.4 is 10.2 Å². The molecule has 4 saturated carbocycles. The van der Waals surface area contributed by atoms with Crippen LogP contribution in [0, 0.1) is 46.3 Å². The summed E-state index contributed by atoms with van der Waals surface area (Å²) < 4.78 is 0. The van der Waals surface area contributed by atoms with E-state index < -0.39 is 5.97 Å². The molecule has 0 spiro atoms. The van der Waals surface area contributed by atoms with Crippen molar-refractivity contribution in [3.05, 3.63) is 0 Å². The van der Waals surface area contributed by atoms with Gasteiger partial charge in [-0.3, -0.25) is 0 Å². The molecule has 4 fully saturated rings. The van der Waals surface area contributed by atoms with E-state index in [0.717, 1.165) is 43.4 Å². The molecule has 4 rings (SSSR count). The van der Waals surface area contributed by atoms with Crippen LogP contribution >= 0.6 is 0 Å². The van der Waals surface area contributed by atoms with E-state index in [9.17, 15) is 15.0 Å². The maximum absolute atomic E-state index is 12.1. The molecule has 6 unspecified atom stereocenters. The Kier molecular flexibility index (Phi) is 6.65. The van der Waals surface area contributed by atoms with Crippen LogP contribution in [0.15, 0.2) is 0 Å². The van der Waals surface area contributed by atoms with Gasteiger partial charge in [-0.15, -0.1) is 6.10 Å². The molecule has 159 valence electrons. The number of aliphatic carboxylic acids is 1. The second-order valence-electron chi connectivity index (χ2n) is 11.2. The van der Waals surface area contributed by atoms with Crippen LogP contribution in [0.25, 0.3) is 0 Å². The summed E-state index contributed by atoms with van der Waals surface area (Å²) in [6, 6.07) is 0. The van der Waals surface area contributed by atoms with Gasteiger partial charge >= 0.3 is 17.1 Å². The zero-order valence-electron chi connectivity index (χ0n) is 17.9. The first-order valence-electron chi connectivity index (χ1n) is 11.6. The van der Waals surface area contributed by atoms with Gasteiger partial charge in [0.25, 0.3) is 0 Å². The third kappa shape index (κ3) is 3.60. The fourth-order valence-electron chi connectivity index (χ4n) is 8.74. The molecule has 4 aliphatic carbocycles. The van der Waals surface area contributed by atoms with E-state index >= 15 is 0 Å². The van der Waals surface area contributed by atoms with Crippen molar-refractivity contribution in [1.82, 2.24) is 0 Å². The number of hydrogen-bond acceptors (Lipinski definition) is 3. The summed E-state index contributed by atoms with van der Waals surface area (Å²) >= 11 is 0. The maximum Gasteiger partial charge on any atom is 2.00 e. The summed E-state index contributed by atoms with van der Waals surface area (Å²) in [5.74, 6) is 3.40. The first-order chi connectivity index (χ1) is 12.8. The number of carboxylic acids is 1. The molecule has 0 heterocycles. The molecule has 4 aliphatic rings. The van der Waals surface area contributed by atoms with Crippen LogP contribution in [0.4, 0.5) is 0 Å². The van der Waals surface area contributed by atoms with E-state index in [1.54, 1.807) is 0 Å². The van der Waals surface area contributed by atoms with Gasteiger partial charge in [0.15, 0.2) is 0 Å². The van der Waals surface area contributed by atoms with Crippen molar-refractivity contribution in [3.8, 4) is 0 Å². The summed E-state index contributed by atoms with van der Waals surface area (Å²) in [6.45, 7) is 7.34. The minimum atomic E-state index is -0.898. The average Bonchev–Trinajstić information content (AvgIpc) is 2.97. The molecule has 1 radical (unpaired) electrons. The maximum atomic E-state index is 12.1. The first kappa shape index (κ1) is 22.6. The van der Waals surface area contributed by atoms with Crippen LogP contribution in [-0.2, 0) is 21.9 Å². The molecule has 0 saturated heterocycles. The molecule has 0 bridgehead atoms. The number of hydrogen-bond donors (Lipinski definition) is 0. The molecular formula is C24H38MnO3. The van der Waals surface area contributed by atoms with Crippen molar-refractivity contribution in [2.24, 2.45) is 46.3 Å². The molecule has 0 aromatic carbocycles. The van der Waals surface area contributed by atoms with Gasteiger partial charge in [0.2, 0.25) is 0 Å². The Hall–Kier alpha value is -0.0505. The van der Waals surface area contributed by atoms with Gasteiger partial charge in [-0.25, -0.2) is 0 Å². The molecule has 0 aliphatic heterocycles. The minimum Gasteiger partial charge on any atom is -0.852 e. The number of carbonyl (C=O) groups excluding carboxylic acids is 1. The average molecular weight is 430 g/mol. The van der Waals surface area contributed by atoms with Gasteiger partial charge in [0.05, 0.1) is 0 Å². The van der Waals surface area contributed by atoms with E-state index in [1.807, 2.05) is 0 Å². The quantitative estimate of drug-likeness (QED) is 0.642. The Morgan fingerprint density at radius 2 is 1.68 bits per heavy atom. The molecule has 28 heavy (non-hydrogen) atoms. The standard InChI is InChI=1S/C24H39O3.Mn/c1-15(4-9-22(26)27)19-7-8-20-18-6-5-16-14-17(25)10-12-23(16,2)21(18)11-13-24(19,20)3;/h15-21H,4-14H2,1-3H3,(H,26,27);/q-1;+2/p-1/t15?,16-,17-,18?,19?,20?,21?,23?,24-;/m1./s1. The summed E-state index contributed by atoms with van der Waals surface area (Å²) in [6.07, 6.45) is 11.5. The van der Waals surface area contributed by atoms with Crippen molar-refractivity contribution in [1.29, 1.82) is 0 Å². The van der Waals surface area contributed by atoms with E-state index in [4.69, 9.17) is 0 Å². The van der Waals surface area contributed by atoms with Gasteiger partial charge in [-0.2, -0.15) is 0 Å². The monoisotopic (exact) mass is 429 g/mol. The minimum absolute atomic E-state index is 0. The van der Waals surface area contributed by atoms with Gasteiger partial charge in [-0.05, 0) is 104 Å². The van der Waals surface area contributed by atoms with Crippen molar-refractivity contribution in [2.75, 3.05) is 0 Å². The van der Waals surface area contributed by atoms with Crippen LogP contribution in [0.5, 0.6) is 0 Å². The van der Waals surface area contributed by atoms with E-state index in [2.05, 4.69) is 20.8 Å². The number of carboxylic acid groups (broad SMARTS) is 1. The molecule has 0 amide bonds.